The summed E-state index contributed by atoms with van der Waals surface area (Å²) < 4.78 is 5.14. The lowest BCUT2D eigenvalue weighted by molar-refractivity contribution is 0.248. The molecule has 0 spiro atoms. The maximum absolute atomic E-state index is 11.9. The second-order valence-electron chi connectivity index (χ2n) is 5.35. The van der Waals surface area contributed by atoms with E-state index in [0.29, 0.717) is 11.2 Å². The third-order valence-corrected chi connectivity index (χ3v) is 4.56. The van der Waals surface area contributed by atoms with Crippen LogP contribution < -0.4 is 15.4 Å². The van der Waals surface area contributed by atoms with Crippen molar-refractivity contribution >= 4 is 22.5 Å². The Hall–Kier alpha value is -2.08. The predicted octanol–water partition coefficient (Wildman–Crippen LogP) is 3.88. The highest BCUT2D eigenvalue weighted by Crippen LogP contribution is 2.26. The van der Waals surface area contributed by atoms with Gasteiger partial charge in [-0.15, -0.1) is 11.3 Å². The number of thiazole rings is 1. The van der Waals surface area contributed by atoms with Crippen LogP contribution in [-0.2, 0) is 0 Å². The largest absolute Gasteiger partial charge is 0.497 e. The fraction of sp³-hybridized carbons (Fsp3) is 0.375. The van der Waals surface area contributed by atoms with E-state index in [1.165, 1.54) is 24.2 Å². The van der Waals surface area contributed by atoms with Crippen molar-refractivity contribution in [3.63, 3.8) is 0 Å². The molecule has 6 heteroatoms. The van der Waals surface area contributed by atoms with Crippen LogP contribution in [0.5, 0.6) is 5.75 Å². The minimum atomic E-state index is -0.164. The number of anilines is 1. The molecule has 1 heterocycles. The van der Waals surface area contributed by atoms with Gasteiger partial charge in [0.15, 0.2) is 5.13 Å². The summed E-state index contributed by atoms with van der Waals surface area (Å²) in [6, 6.07) is 7.85. The Morgan fingerprint density at radius 2 is 2.00 bits per heavy atom. The first-order chi connectivity index (χ1) is 10.7. The molecule has 1 saturated carbocycles. The van der Waals surface area contributed by atoms with Crippen molar-refractivity contribution in [2.24, 2.45) is 0 Å². The molecule has 1 aromatic heterocycles. The fourth-order valence-corrected chi connectivity index (χ4v) is 3.33. The van der Waals surface area contributed by atoms with E-state index in [1.807, 2.05) is 29.6 Å². The van der Waals surface area contributed by atoms with Crippen molar-refractivity contribution < 1.29 is 9.53 Å². The quantitative estimate of drug-likeness (QED) is 0.899. The van der Waals surface area contributed by atoms with Crippen LogP contribution in [0.4, 0.5) is 9.93 Å². The smallest absolute Gasteiger partial charge is 0.321 e. The molecular formula is C16H19N3O2S. The van der Waals surface area contributed by atoms with Crippen molar-refractivity contribution in [3.05, 3.63) is 29.6 Å². The molecule has 2 amide bonds. The Balaban J connectivity index is 1.61. The lowest BCUT2D eigenvalue weighted by Crippen LogP contribution is -2.36. The monoisotopic (exact) mass is 317 g/mol. The molecule has 5 nitrogen and oxygen atoms in total. The first-order valence-corrected chi connectivity index (χ1v) is 8.30. The minimum Gasteiger partial charge on any atom is -0.497 e. The highest BCUT2D eigenvalue weighted by Gasteiger charge is 2.17. The van der Waals surface area contributed by atoms with Crippen LogP contribution in [-0.4, -0.2) is 24.2 Å². The van der Waals surface area contributed by atoms with Gasteiger partial charge in [0.1, 0.15) is 5.75 Å². The second kappa shape index (κ2) is 6.79. The number of hydrogen-bond acceptors (Lipinski definition) is 4. The number of hydrogen-bond donors (Lipinski definition) is 2. The van der Waals surface area contributed by atoms with Gasteiger partial charge in [0.05, 0.1) is 12.8 Å². The molecule has 0 unspecified atom stereocenters. The average Bonchev–Trinajstić information content (AvgIpc) is 3.19. The lowest BCUT2D eigenvalue weighted by Gasteiger charge is -2.11. The van der Waals surface area contributed by atoms with Gasteiger partial charge < -0.3 is 10.1 Å². The van der Waals surface area contributed by atoms with Crippen molar-refractivity contribution in [2.75, 3.05) is 12.4 Å². The zero-order valence-corrected chi connectivity index (χ0v) is 13.3. The van der Waals surface area contributed by atoms with Crippen molar-refractivity contribution in [3.8, 4) is 17.0 Å². The highest BCUT2D eigenvalue weighted by atomic mass is 32.1. The van der Waals surface area contributed by atoms with Crippen LogP contribution >= 0.6 is 11.3 Å². The summed E-state index contributed by atoms with van der Waals surface area (Å²) in [4.78, 5) is 16.4. The highest BCUT2D eigenvalue weighted by molar-refractivity contribution is 7.14. The summed E-state index contributed by atoms with van der Waals surface area (Å²) in [6.45, 7) is 0. The van der Waals surface area contributed by atoms with E-state index in [4.69, 9.17) is 4.74 Å². The van der Waals surface area contributed by atoms with E-state index in [-0.39, 0.29) is 6.03 Å². The molecule has 0 bridgehead atoms. The number of carbonyl (C=O) groups is 1. The van der Waals surface area contributed by atoms with Gasteiger partial charge in [-0.05, 0) is 37.1 Å². The molecule has 0 radical (unpaired) electrons. The molecule has 1 fully saturated rings. The Labute approximate surface area is 133 Å². The van der Waals surface area contributed by atoms with Crippen LogP contribution in [0, 0.1) is 0 Å². The fourth-order valence-electron chi connectivity index (χ4n) is 2.61. The summed E-state index contributed by atoms with van der Waals surface area (Å²) in [5, 5.41) is 8.36. The van der Waals surface area contributed by atoms with Gasteiger partial charge in [0.2, 0.25) is 0 Å². The van der Waals surface area contributed by atoms with Gasteiger partial charge in [0, 0.05) is 17.0 Å². The summed E-state index contributed by atoms with van der Waals surface area (Å²) in [5.74, 6) is 0.813. The topological polar surface area (TPSA) is 63.2 Å². The molecular weight excluding hydrogens is 298 g/mol. The predicted molar refractivity (Wildman–Crippen MR) is 88.5 cm³/mol. The number of rotatable bonds is 4. The molecule has 3 rings (SSSR count). The summed E-state index contributed by atoms with van der Waals surface area (Å²) in [7, 11) is 1.64. The van der Waals surface area contributed by atoms with Crippen molar-refractivity contribution in [1.29, 1.82) is 0 Å². The van der Waals surface area contributed by atoms with Crippen LogP contribution in [0.1, 0.15) is 25.7 Å². The standard InChI is InChI=1S/C16H19N3O2S/c1-21-13-8-6-11(7-9-13)14-10-22-16(18-14)19-15(20)17-12-4-2-3-5-12/h6-10,12H,2-5H2,1H3,(H2,17,18,19,20). The minimum absolute atomic E-state index is 0.164. The number of amides is 2. The van der Waals surface area contributed by atoms with Gasteiger partial charge >= 0.3 is 6.03 Å². The lowest BCUT2D eigenvalue weighted by atomic mass is 10.2. The number of carbonyl (C=O) groups excluding carboxylic acids is 1. The molecule has 2 N–H and O–H groups in total. The first kappa shape index (κ1) is 14.8. The Morgan fingerprint density at radius 1 is 1.27 bits per heavy atom. The first-order valence-electron chi connectivity index (χ1n) is 7.42. The SMILES string of the molecule is COc1ccc(-c2csc(NC(=O)NC3CCCC3)n2)cc1. The van der Waals surface area contributed by atoms with Crippen LogP contribution in [0.25, 0.3) is 11.3 Å². The second-order valence-corrected chi connectivity index (χ2v) is 6.20. The molecule has 22 heavy (non-hydrogen) atoms. The van der Waals surface area contributed by atoms with Crippen LogP contribution in [0.2, 0.25) is 0 Å². The Morgan fingerprint density at radius 3 is 2.68 bits per heavy atom. The molecule has 0 saturated heterocycles. The number of methoxy groups -OCH3 is 1. The summed E-state index contributed by atoms with van der Waals surface area (Å²) >= 11 is 1.43. The van der Waals surface area contributed by atoms with Crippen LogP contribution in [0.3, 0.4) is 0 Å². The number of benzene rings is 1. The van der Waals surface area contributed by atoms with E-state index in [1.54, 1.807) is 7.11 Å². The number of ether oxygens (including phenoxy) is 1. The third-order valence-electron chi connectivity index (χ3n) is 3.80. The van der Waals surface area contributed by atoms with Crippen molar-refractivity contribution in [2.45, 2.75) is 31.7 Å². The van der Waals surface area contributed by atoms with Gasteiger partial charge in [-0.3, -0.25) is 5.32 Å². The number of urea groups is 1. The number of nitrogens with one attached hydrogen (secondary N) is 2. The molecule has 116 valence electrons. The van der Waals surface area contributed by atoms with Crippen LogP contribution in [0.15, 0.2) is 29.6 Å². The number of aromatic nitrogens is 1. The summed E-state index contributed by atoms with van der Waals surface area (Å²) in [6.07, 6.45) is 4.54. The van der Waals surface area contributed by atoms with E-state index in [9.17, 15) is 4.79 Å². The maximum Gasteiger partial charge on any atom is 0.321 e. The average molecular weight is 317 g/mol. The Kier molecular flexibility index (Phi) is 4.58. The molecule has 1 aliphatic rings. The molecule has 0 atom stereocenters. The molecule has 1 aromatic carbocycles. The van der Waals surface area contributed by atoms with E-state index in [2.05, 4.69) is 15.6 Å². The zero-order valence-electron chi connectivity index (χ0n) is 12.5. The normalized spacial score (nSPS) is 14.8. The Bertz CT molecular complexity index is 633. The summed E-state index contributed by atoms with van der Waals surface area (Å²) in [5.41, 5.74) is 1.85. The van der Waals surface area contributed by atoms with Crippen molar-refractivity contribution in [1.82, 2.24) is 10.3 Å². The van der Waals surface area contributed by atoms with E-state index < -0.39 is 0 Å². The van der Waals surface area contributed by atoms with E-state index >= 15 is 0 Å². The maximum atomic E-state index is 11.9. The molecule has 2 aromatic rings. The third kappa shape index (κ3) is 3.57. The van der Waals surface area contributed by atoms with Gasteiger partial charge in [-0.1, -0.05) is 12.8 Å². The van der Waals surface area contributed by atoms with Gasteiger partial charge in [-0.25, -0.2) is 9.78 Å². The van der Waals surface area contributed by atoms with E-state index in [0.717, 1.165) is 29.8 Å². The zero-order chi connectivity index (χ0) is 15.4. The van der Waals surface area contributed by atoms with Gasteiger partial charge in [-0.2, -0.15) is 0 Å². The number of nitrogens with zero attached hydrogens (tertiary/aromatic N) is 1. The van der Waals surface area contributed by atoms with Gasteiger partial charge in [0.25, 0.3) is 0 Å². The molecule has 0 aliphatic heterocycles. The molecule has 1 aliphatic carbocycles.